The van der Waals surface area contributed by atoms with Gasteiger partial charge in [0, 0.05) is 20.8 Å². The van der Waals surface area contributed by atoms with Crippen molar-refractivity contribution < 1.29 is 14.2 Å². The molecule has 0 saturated carbocycles. The zero-order chi connectivity index (χ0) is 9.40. The topological polar surface area (TPSA) is 51.5 Å². The number of ether oxygens (including phenoxy) is 3. The van der Waals surface area contributed by atoms with Crippen molar-refractivity contribution in [2.45, 2.75) is 13.2 Å². The van der Waals surface area contributed by atoms with Gasteiger partial charge in [0.1, 0.15) is 5.92 Å². The standard InChI is InChI=1S/C8H15NO3/c1-4-12-6-7(5-9)8(10-2)11-3/h7-8H,4,6H2,1-3H3. The maximum atomic E-state index is 8.70. The maximum absolute atomic E-state index is 8.70. The Hall–Kier alpha value is -0.630. The van der Waals surface area contributed by atoms with Crippen LogP contribution in [0.2, 0.25) is 0 Å². The van der Waals surface area contributed by atoms with Crippen molar-refractivity contribution in [2.75, 3.05) is 27.4 Å². The van der Waals surface area contributed by atoms with E-state index in [0.29, 0.717) is 13.2 Å². The molecule has 0 saturated heterocycles. The molecular weight excluding hydrogens is 158 g/mol. The van der Waals surface area contributed by atoms with Gasteiger partial charge < -0.3 is 14.2 Å². The summed E-state index contributed by atoms with van der Waals surface area (Å²) < 4.78 is 14.9. The zero-order valence-electron chi connectivity index (χ0n) is 7.74. The van der Waals surface area contributed by atoms with Gasteiger partial charge in [-0.05, 0) is 6.92 Å². The van der Waals surface area contributed by atoms with Crippen molar-refractivity contribution in [3.63, 3.8) is 0 Å². The normalized spacial score (nSPS) is 12.9. The molecule has 4 nitrogen and oxygen atoms in total. The van der Waals surface area contributed by atoms with Crippen LogP contribution in [0.5, 0.6) is 0 Å². The summed E-state index contributed by atoms with van der Waals surface area (Å²) in [5.41, 5.74) is 0. The summed E-state index contributed by atoms with van der Waals surface area (Å²) in [5, 5.41) is 8.70. The van der Waals surface area contributed by atoms with Gasteiger partial charge in [0.15, 0.2) is 6.29 Å². The average Bonchev–Trinajstić information content (AvgIpc) is 2.12. The average molecular weight is 173 g/mol. The second kappa shape index (κ2) is 7.04. The highest BCUT2D eigenvalue weighted by atomic mass is 16.7. The molecule has 0 fully saturated rings. The SMILES string of the molecule is CCOCC(C#N)C(OC)OC. The molecule has 4 heteroatoms. The van der Waals surface area contributed by atoms with Crippen LogP contribution < -0.4 is 0 Å². The first kappa shape index (κ1) is 11.4. The smallest absolute Gasteiger partial charge is 0.174 e. The van der Waals surface area contributed by atoms with Crippen LogP contribution in [0.25, 0.3) is 0 Å². The van der Waals surface area contributed by atoms with Gasteiger partial charge in [-0.3, -0.25) is 0 Å². The van der Waals surface area contributed by atoms with Gasteiger partial charge >= 0.3 is 0 Å². The molecule has 0 rings (SSSR count). The maximum Gasteiger partial charge on any atom is 0.174 e. The molecule has 1 atom stereocenters. The van der Waals surface area contributed by atoms with E-state index in [4.69, 9.17) is 19.5 Å². The van der Waals surface area contributed by atoms with Crippen molar-refractivity contribution in [1.29, 1.82) is 5.26 Å². The first-order valence-electron chi connectivity index (χ1n) is 3.83. The van der Waals surface area contributed by atoms with E-state index in [0.717, 1.165) is 0 Å². The predicted molar refractivity (Wildman–Crippen MR) is 43.4 cm³/mol. The van der Waals surface area contributed by atoms with E-state index in [9.17, 15) is 0 Å². The van der Waals surface area contributed by atoms with E-state index in [1.165, 1.54) is 14.2 Å². The van der Waals surface area contributed by atoms with E-state index >= 15 is 0 Å². The second-order valence-electron chi connectivity index (χ2n) is 2.23. The van der Waals surface area contributed by atoms with E-state index < -0.39 is 6.29 Å². The Balaban J connectivity index is 3.86. The Morgan fingerprint density at radius 1 is 1.33 bits per heavy atom. The number of hydrogen-bond donors (Lipinski definition) is 0. The van der Waals surface area contributed by atoms with Crippen molar-refractivity contribution in [2.24, 2.45) is 5.92 Å². The molecule has 0 aliphatic heterocycles. The highest BCUT2D eigenvalue weighted by molar-refractivity contribution is 4.85. The summed E-state index contributed by atoms with van der Waals surface area (Å²) in [7, 11) is 3.01. The lowest BCUT2D eigenvalue weighted by Gasteiger charge is -2.18. The van der Waals surface area contributed by atoms with Crippen molar-refractivity contribution in [3.8, 4) is 6.07 Å². The van der Waals surface area contributed by atoms with E-state index in [1.807, 2.05) is 6.92 Å². The van der Waals surface area contributed by atoms with E-state index in [-0.39, 0.29) is 5.92 Å². The second-order valence-corrected chi connectivity index (χ2v) is 2.23. The number of nitriles is 1. The number of hydrogen-bond acceptors (Lipinski definition) is 4. The largest absolute Gasteiger partial charge is 0.380 e. The van der Waals surface area contributed by atoms with Crippen molar-refractivity contribution in [1.82, 2.24) is 0 Å². The lowest BCUT2D eigenvalue weighted by molar-refractivity contribution is -0.136. The number of nitrogens with zero attached hydrogens (tertiary/aromatic N) is 1. The summed E-state index contributed by atoms with van der Waals surface area (Å²) in [5.74, 6) is -0.361. The van der Waals surface area contributed by atoms with Gasteiger partial charge in [-0.1, -0.05) is 0 Å². The monoisotopic (exact) mass is 173 g/mol. The molecule has 0 aliphatic rings. The first-order valence-corrected chi connectivity index (χ1v) is 3.83. The lowest BCUT2D eigenvalue weighted by atomic mass is 10.2. The van der Waals surface area contributed by atoms with Crippen molar-refractivity contribution >= 4 is 0 Å². The molecular formula is C8H15NO3. The van der Waals surface area contributed by atoms with Crippen molar-refractivity contribution in [3.05, 3.63) is 0 Å². The molecule has 0 aromatic carbocycles. The molecule has 12 heavy (non-hydrogen) atoms. The lowest BCUT2D eigenvalue weighted by Crippen LogP contribution is -2.27. The first-order chi connectivity index (χ1) is 5.79. The number of rotatable bonds is 6. The van der Waals surface area contributed by atoms with Crippen LogP contribution in [0.3, 0.4) is 0 Å². The third kappa shape index (κ3) is 3.67. The summed E-state index contributed by atoms with van der Waals surface area (Å²) in [6, 6.07) is 2.06. The fourth-order valence-electron chi connectivity index (χ4n) is 0.846. The summed E-state index contributed by atoms with van der Waals surface area (Å²) in [6.07, 6.45) is -0.499. The van der Waals surface area contributed by atoms with Gasteiger partial charge in [0.25, 0.3) is 0 Å². The van der Waals surface area contributed by atoms with Gasteiger partial charge in [0.2, 0.25) is 0 Å². The third-order valence-corrected chi connectivity index (χ3v) is 1.46. The Labute approximate surface area is 73.0 Å². The van der Waals surface area contributed by atoms with Gasteiger partial charge in [-0.15, -0.1) is 0 Å². The third-order valence-electron chi connectivity index (χ3n) is 1.46. The van der Waals surface area contributed by atoms with E-state index in [1.54, 1.807) is 0 Å². The minimum absolute atomic E-state index is 0.347. The van der Waals surface area contributed by atoms with Crippen LogP contribution in [0.1, 0.15) is 6.92 Å². The zero-order valence-corrected chi connectivity index (χ0v) is 7.74. The highest BCUT2D eigenvalue weighted by Crippen LogP contribution is 2.07. The summed E-state index contributed by atoms with van der Waals surface area (Å²) in [4.78, 5) is 0. The fourth-order valence-corrected chi connectivity index (χ4v) is 0.846. The Bertz CT molecular complexity index is 140. The predicted octanol–water partition coefficient (Wildman–Crippen LogP) is 0.782. The molecule has 0 amide bonds. The molecule has 0 heterocycles. The highest BCUT2D eigenvalue weighted by Gasteiger charge is 2.20. The van der Waals surface area contributed by atoms with E-state index in [2.05, 4.69) is 6.07 Å². The number of methoxy groups -OCH3 is 2. The van der Waals surface area contributed by atoms with Crippen LogP contribution in [0, 0.1) is 17.2 Å². The van der Waals surface area contributed by atoms with Gasteiger partial charge in [0.05, 0.1) is 12.7 Å². The Kier molecular flexibility index (Phi) is 6.67. The molecule has 70 valence electrons. The van der Waals surface area contributed by atoms with Gasteiger partial charge in [-0.2, -0.15) is 5.26 Å². The quantitative estimate of drug-likeness (QED) is 0.557. The van der Waals surface area contributed by atoms with Gasteiger partial charge in [-0.25, -0.2) is 0 Å². The Morgan fingerprint density at radius 2 is 1.92 bits per heavy atom. The minimum atomic E-state index is -0.499. The molecule has 0 aromatic rings. The Morgan fingerprint density at radius 3 is 2.25 bits per heavy atom. The molecule has 1 unspecified atom stereocenters. The molecule has 0 aromatic heterocycles. The van der Waals surface area contributed by atoms with Crippen LogP contribution in [0.4, 0.5) is 0 Å². The van der Waals surface area contributed by atoms with Crippen LogP contribution >= 0.6 is 0 Å². The molecule has 0 spiro atoms. The summed E-state index contributed by atoms with van der Waals surface area (Å²) >= 11 is 0. The molecule has 0 aliphatic carbocycles. The van der Waals surface area contributed by atoms with Crippen LogP contribution in [-0.2, 0) is 14.2 Å². The van der Waals surface area contributed by atoms with Crippen LogP contribution in [-0.4, -0.2) is 33.7 Å². The summed E-state index contributed by atoms with van der Waals surface area (Å²) in [6.45, 7) is 2.82. The molecule has 0 radical (unpaired) electrons. The fraction of sp³-hybridized carbons (Fsp3) is 0.875. The molecule has 0 bridgehead atoms. The minimum Gasteiger partial charge on any atom is -0.380 e. The van der Waals surface area contributed by atoms with Crippen LogP contribution in [0.15, 0.2) is 0 Å². The molecule has 0 N–H and O–H groups in total.